The summed E-state index contributed by atoms with van der Waals surface area (Å²) in [6.07, 6.45) is 0. The molecule has 1 aromatic heterocycles. The second-order valence-corrected chi connectivity index (χ2v) is 7.15. The van der Waals surface area contributed by atoms with Crippen molar-refractivity contribution in [2.45, 2.75) is 20.8 Å². The maximum absolute atomic E-state index is 13.0. The second-order valence-electron chi connectivity index (χ2n) is 7.15. The molecule has 0 spiro atoms. The molecule has 0 saturated heterocycles. The van der Waals surface area contributed by atoms with Crippen LogP contribution in [0.15, 0.2) is 54.0 Å². The van der Waals surface area contributed by atoms with Crippen molar-refractivity contribution in [1.29, 1.82) is 0 Å². The molecule has 0 amide bonds. The Bertz CT molecular complexity index is 1220. The average molecular weight is 373 g/mol. The molecule has 0 saturated carbocycles. The summed E-state index contributed by atoms with van der Waals surface area (Å²) in [5.74, 6) is -2.83. The van der Waals surface area contributed by atoms with Crippen molar-refractivity contribution < 1.29 is 19.8 Å². The summed E-state index contributed by atoms with van der Waals surface area (Å²) in [5, 5.41) is 22.0. The number of ketones is 2. The van der Waals surface area contributed by atoms with Crippen molar-refractivity contribution in [2.24, 2.45) is 0 Å². The number of aliphatic hydroxyl groups is 2. The van der Waals surface area contributed by atoms with Crippen molar-refractivity contribution in [3.63, 3.8) is 0 Å². The molecule has 1 aliphatic rings. The summed E-state index contributed by atoms with van der Waals surface area (Å²) >= 11 is 0. The number of nitrogens with one attached hydrogen (secondary N) is 1. The minimum atomic E-state index is -0.767. The number of benzene rings is 2. The molecule has 0 radical (unpaired) electrons. The van der Waals surface area contributed by atoms with Crippen LogP contribution in [0.3, 0.4) is 0 Å². The highest BCUT2D eigenvalue weighted by Crippen LogP contribution is 2.38. The van der Waals surface area contributed by atoms with Crippen molar-refractivity contribution in [3.05, 3.63) is 81.9 Å². The third-order valence-corrected chi connectivity index (χ3v) is 5.09. The van der Waals surface area contributed by atoms with E-state index >= 15 is 0 Å². The van der Waals surface area contributed by atoms with Crippen LogP contribution in [-0.4, -0.2) is 26.8 Å². The van der Waals surface area contributed by atoms with E-state index in [0.29, 0.717) is 22.2 Å². The molecule has 1 heterocycles. The van der Waals surface area contributed by atoms with E-state index in [-0.39, 0.29) is 11.1 Å². The Morgan fingerprint density at radius 2 is 1.32 bits per heavy atom. The Labute approximate surface area is 161 Å². The molecule has 1 aliphatic carbocycles. The minimum Gasteiger partial charge on any atom is -0.504 e. The Morgan fingerprint density at radius 3 is 2.00 bits per heavy atom. The molecule has 3 aromatic rings. The van der Waals surface area contributed by atoms with Gasteiger partial charge >= 0.3 is 0 Å². The Balaban J connectivity index is 1.92. The van der Waals surface area contributed by atoms with Crippen molar-refractivity contribution in [1.82, 2.24) is 4.98 Å². The van der Waals surface area contributed by atoms with Gasteiger partial charge in [-0.05, 0) is 38.0 Å². The maximum Gasteiger partial charge on any atom is 0.232 e. The number of hydrogen-bond donors (Lipinski definition) is 3. The minimum absolute atomic E-state index is 0.175. The van der Waals surface area contributed by atoms with E-state index in [0.717, 1.165) is 16.6 Å². The molecule has 2 aromatic carbocycles. The first kappa shape index (κ1) is 17.8. The van der Waals surface area contributed by atoms with Crippen LogP contribution in [0.1, 0.15) is 27.9 Å². The van der Waals surface area contributed by atoms with E-state index < -0.39 is 23.1 Å². The molecule has 140 valence electrons. The topological polar surface area (TPSA) is 90.4 Å². The SMILES string of the molecule is Cc1ccc(C2=C(O)C(=O)C(c3c(C)[nH]c4cc(C)ccc34)=C(O)C2=O)cc1. The highest BCUT2D eigenvalue weighted by Gasteiger charge is 2.37. The van der Waals surface area contributed by atoms with E-state index in [1.807, 2.05) is 32.0 Å². The number of aromatic nitrogens is 1. The molecule has 0 atom stereocenters. The third kappa shape index (κ3) is 2.55. The number of aromatic amines is 1. The molecule has 0 unspecified atom stereocenters. The quantitative estimate of drug-likeness (QED) is 0.578. The van der Waals surface area contributed by atoms with E-state index in [2.05, 4.69) is 4.98 Å². The molecule has 0 fully saturated rings. The normalized spacial score (nSPS) is 15.1. The van der Waals surface area contributed by atoms with E-state index in [9.17, 15) is 19.8 Å². The first-order chi connectivity index (χ1) is 13.3. The van der Waals surface area contributed by atoms with Gasteiger partial charge in [0.2, 0.25) is 11.6 Å². The highest BCUT2D eigenvalue weighted by atomic mass is 16.3. The summed E-state index contributed by atoms with van der Waals surface area (Å²) in [5.41, 5.74) is 3.90. The largest absolute Gasteiger partial charge is 0.504 e. The average Bonchev–Trinajstić information content (AvgIpc) is 2.97. The molecule has 4 rings (SSSR count). The van der Waals surface area contributed by atoms with Gasteiger partial charge in [-0.1, -0.05) is 42.0 Å². The molecule has 5 nitrogen and oxygen atoms in total. The number of hydrogen-bond acceptors (Lipinski definition) is 4. The second kappa shape index (κ2) is 6.23. The molecular weight excluding hydrogens is 354 g/mol. The van der Waals surface area contributed by atoms with Gasteiger partial charge in [-0.3, -0.25) is 9.59 Å². The smallest absolute Gasteiger partial charge is 0.232 e. The first-order valence-corrected chi connectivity index (χ1v) is 8.91. The number of aliphatic hydroxyl groups excluding tert-OH is 2. The number of allylic oxidation sites excluding steroid dienone is 2. The molecular formula is C23H19NO4. The number of Topliss-reactive ketones (excluding diaryl/α,β-unsaturated/α-hetero) is 2. The number of fused-ring (bicyclic) bond motifs is 1. The number of carbonyl (C=O) groups excluding carboxylic acids is 2. The van der Waals surface area contributed by atoms with E-state index in [1.54, 1.807) is 31.2 Å². The third-order valence-electron chi connectivity index (χ3n) is 5.09. The highest BCUT2D eigenvalue weighted by molar-refractivity contribution is 6.47. The number of carbonyl (C=O) groups is 2. The Morgan fingerprint density at radius 1 is 0.750 bits per heavy atom. The van der Waals surface area contributed by atoms with Crippen LogP contribution >= 0.6 is 0 Å². The zero-order valence-electron chi connectivity index (χ0n) is 15.8. The van der Waals surface area contributed by atoms with Crippen LogP contribution in [0.5, 0.6) is 0 Å². The van der Waals surface area contributed by atoms with Crippen LogP contribution in [0.4, 0.5) is 0 Å². The standard InChI is InChI=1S/C23H19NO4/c1-11-4-7-14(8-5-11)18-20(25)22(27)19(23(28)21(18)26)17-13(3)24-16-10-12(2)6-9-15(16)17/h4-10,24-25,28H,1-3H3. The van der Waals surface area contributed by atoms with Gasteiger partial charge in [-0.2, -0.15) is 0 Å². The van der Waals surface area contributed by atoms with Crippen LogP contribution in [0.25, 0.3) is 22.0 Å². The number of aryl methyl sites for hydroxylation is 3. The lowest BCUT2D eigenvalue weighted by Gasteiger charge is -2.18. The fraction of sp³-hybridized carbons (Fsp3) is 0.130. The van der Waals surface area contributed by atoms with Crippen LogP contribution < -0.4 is 0 Å². The lowest BCUT2D eigenvalue weighted by molar-refractivity contribution is -0.116. The van der Waals surface area contributed by atoms with E-state index in [1.165, 1.54) is 0 Å². The summed E-state index contributed by atoms with van der Waals surface area (Å²) in [6.45, 7) is 5.60. The summed E-state index contributed by atoms with van der Waals surface area (Å²) in [7, 11) is 0. The van der Waals surface area contributed by atoms with Gasteiger partial charge < -0.3 is 15.2 Å². The van der Waals surface area contributed by atoms with Gasteiger partial charge in [0.25, 0.3) is 0 Å². The molecule has 0 bridgehead atoms. The molecule has 0 aliphatic heterocycles. The van der Waals surface area contributed by atoms with Crippen LogP contribution in [0, 0.1) is 20.8 Å². The summed E-state index contributed by atoms with van der Waals surface area (Å²) in [6, 6.07) is 12.5. The molecule has 28 heavy (non-hydrogen) atoms. The maximum atomic E-state index is 13.0. The Hall–Kier alpha value is -3.60. The monoisotopic (exact) mass is 373 g/mol. The fourth-order valence-electron chi connectivity index (χ4n) is 3.67. The van der Waals surface area contributed by atoms with Crippen LogP contribution in [-0.2, 0) is 9.59 Å². The van der Waals surface area contributed by atoms with Gasteiger partial charge in [0.1, 0.15) is 0 Å². The van der Waals surface area contributed by atoms with Gasteiger partial charge in [0, 0.05) is 22.2 Å². The van der Waals surface area contributed by atoms with Crippen LogP contribution in [0.2, 0.25) is 0 Å². The zero-order valence-corrected chi connectivity index (χ0v) is 15.8. The molecule has 5 heteroatoms. The first-order valence-electron chi connectivity index (χ1n) is 8.91. The lowest BCUT2D eigenvalue weighted by Crippen LogP contribution is -2.23. The fourth-order valence-corrected chi connectivity index (χ4v) is 3.67. The number of H-pyrrole nitrogens is 1. The van der Waals surface area contributed by atoms with Gasteiger partial charge in [-0.25, -0.2) is 0 Å². The van der Waals surface area contributed by atoms with Crippen molar-refractivity contribution in [2.75, 3.05) is 0 Å². The van der Waals surface area contributed by atoms with Gasteiger partial charge in [0.15, 0.2) is 11.5 Å². The zero-order chi connectivity index (χ0) is 20.2. The number of rotatable bonds is 2. The summed E-state index contributed by atoms with van der Waals surface area (Å²) < 4.78 is 0. The lowest BCUT2D eigenvalue weighted by atomic mass is 9.85. The summed E-state index contributed by atoms with van der Waals surface area (Å²) in [4.78, 5) is 29.1. The predicted molar refractivity (Wildman–Crippen MR) is 108 cm³/mol. The van der Waals surface area contributed by atoms with Gasteiger partial charge in [-0.15, -0.1) is 0 Å². The van der Waals surface area contributed by atoms with Gasteiger partial charge in [0.05, 0.1) is 11.1 Å². The van der Waals surface area contributed by atoms with Crippen molar-refractivity contribution >= 4 is 33.6 Å². The van der Waals surface area contributed by atoms with Crippen molar-refractivity contribution in [3.8, 4) is 0 Å². The predicted octanol–water partition coefficient (Wildman–Crippen LogP) is 4.48. The Kier molecular flexibility index (Phi) is 3.96. The van der Waals surface area contributed by atoms with E-state index in [4.69, 9.17) is 0 Å². The molecule has 3 N–H and O–H groups in total.